The van der Waals surface area contributed by atoms with Gasteiger partial charge in [-0.3, -0.25) is 9.36 Å². The van der Waals surface area contributed by atoms with Crippen LogP contribution in [0.1, 0.15) is 13.3 Å². The fourth-order valence-corrected chi connectivity index (χ4v) is 1.15. The molecule has 0 saturated heterocycles. The van der Waals surface area contributed by atoms with Crippen molar-refractivity contribution >= 4 is 13.8 Å². The van der Waals surface area contributed by atoms with Gasteiger partial charge >= 0.3 is 35.5 Å². The van der Waals surface area contributed by atoms with Gasteiger partial charge in [-0.05, 0) is 6.92 Å². The molecule has 0 radical (unpaired) electrons. The summed E-state index contributed by atoms with van der Waals surface area (Å²) in [6.45, 7) is 1.08. The smallest absolute Gasteiger partial charge is 0.756 e. The first kappa shape index (κ1) is 16.0. The molecule has 0 saturated carbocycles. The Bertz CT molecular complexity index is 195. The van der Waals surface area contributed by atoms with Crippen molar-refractivity contribution in [3.8, 4) is 0 Å². The van der Waals surface area contributed by atoms with E-state index in [1.165, 1.54) is 6.92 Å². The number of hydrogen-bond donors (Lipinski definition) is 1. The monoisotopic (exact) mass is 220 g/mol. The summed E-state index contributed by atoms with van der Waals surface area (Å²) < 4.78 is 19.0. The van der Waals surface area contributed by atoms with Gasteiger partial charge in [-0.15, -0.1) is 0 Å². The van der Waals surface area contributed by atoms with Crippen LogP contribution in [0.4, 0.5) is 0 Å². The average molecular weight is 220 g/mol. The zero-order valence-corrected chi connectivity index (χ0v) is 10.5. The molecule has 0 aromatic rings. The molecular formula is C5H10NaO6P. The Morgan fingerprint density at radius 3 is 2.46 bits per heavy atom. The SMILES string of the molecule is CCOP(=O)([O-])OCCC(=O)O.[Na+]. The van der Waals surface area contributed by atoms with E-state index in [-0.39, 0.29) is 42.6 Å². The van der Waals surface area contributed by atoms with Gasteiger partial charge in [0.15, 0.2) is 0 Å². The molecule has 8 heteroatoms. The molecule has 0 aliphatic carbocycles. The minimum absolute atomic E-state index is 0. The van der Waals surface area contributed by atoms with Crippen molar-refractivity contribution in [1.29, 1.82) is 0 Å². The summed E-state index contributed by atoms with van der Waals surface area (Å²) in [5.41, 5.74) is 0. The predicted octanol–water partition coefficient (Wildman–Crippen LogP) is -3.01. The van der Waals surface area contributed by atoms with Crippen LogP contribution in [0.25, 0.3) is 0 Å². The number of carboxylic acids is 1. The van der Waals surface area contributed by atoms with E-state index in [1.54, 1.807) is 0 Å². The fourth-order valence-electron chi connectivity index (χ4n) is 0.440. The number of hydrogen-bond acceptors (Lipinski definition) is 5. The molecular weight excluding hydrogens is 210 g/mol. The second-order valence-electron chi connectivity index (χ2n) is 1.84. The zero-order valence-electron chi connectivity index (χ0n) is 7.56. The molecule has 0 aliphatic heterocycles. The number of phosphoric ester groups is 1. The van der Waals surface area contributed by atoms with Crippen LogP contribution < -0.4 is 34.5 Å². The molecule has 0 aromatic carbocycles. The Labute approximate surface area is 98.1 Å². The van der Waals surface area contributed by atoms with Gasteiger partial charge in [-0.2, -0.15) is 0 Å². The Balaban J connectivity index is 0. The van der Waals surface area contributed by atoms with E-state index in [2.05, 4.69) is 9.05 Å². The summed E-state index contributed by atoms with van der Waals surface area (Å²) in [5, 5.41) is 8.13. The van der Waals surface area contributed by atoms with Gasteiger partial charge in [0.25, 0.3) is 7.82 Å². The molecule has 1 atom stereocenters. The van der Waals surface area contributed by atoms with Gasteiger partial charge in [-0.1, -0.05) is 0 Å². The molecule has 0 aliphatic rings. The topological polar surface area (TPSA) is 95.9 Å². The standard InChI is InChI=1S/C5H11O6P.Na/c1-2-10-12(8,9)11-4-3-5(6)7;/h2-4H2,1H3,(H,6,7)(H,8,9);/q;+1/p-1. The Morgan fingerprint density at radius 2 is 2.08 bits per heavy atom. The van der Waals surface area contributed by atoms with E-state index in [1.807, 2.05) is 0 Å². The van der Waals surface area contributed by atoms with E-state index < -0.39 is 20.4 Å². The van der Waals surface area contributed by atoms with Crippen LogP contribution in [0, 0.1) is 0 Å². The summed E-state index contributed by atoms with van der Waals surface area (Å²) in [6.07, 6.45) is -0.362. The number of phosphoric acid groups is 1. The maximum atomic E-state index is 10.6. The number of carboxylic acid groups (broad SMARTS) is 1. The molecule has 0 aromatic heterocycles. The third kappa shape index (κ3) is 10.5. The van der Waals surface area contributed by atoms with Crippen molar-refractivity contribution < 1.29 is 58.0 Å². The first-order chi connectivity index (χ1) is 5.48. The van der Waals surface area contributed by atoms with Gasteiger partial charge in [0.2, 0.25) is 0 Å². The second-order valence-corrected chi connectivity index (χ2v) is 3.25. The Kier molecular flexibility index (Phi) is 9.78. The first-order valence-electron chi connectivity index (χ1n) is 3.30. The van der Waals surface area contributed by atoms with Crippen molar-refractivity contribution in [2.45, 2.75) is 13.3 Å². The minimum Gasteiger partial charge on any atom is -0.756 e. The van der Waals surface area contributed by atoms with Crippen molar-refractivity contribution in [1.82, 2.24) is 0 Å². The minimum atomic E-state index is -4.26. The van der Waals surface area contributed by atoms with Gasteiger partial charge in [0, 0.05) is 0 Å². The molecule has 72 valence electrons. The summed E-state index contributed by atoms with van der Waals surface area (Å²) in [4.78, 5) is 20.5. The van der Waals surface area contributed by atoms with E-state index in [0.29, 0.717) is 0 Å². The van der Waals surface area contributed by atoms with Crippen molar-refractivity contribution in [3.05, 3.63) is 0 Å². The van der Waals surface area contributed by atoms with E-state index in [0.717, 1.165) is 0 Å². The molecule has 6 nitrogen and oxygen atoms in total. The molecule has 0 fully saturated rings. The third-order valence-electron chi connectivity index (χ3n) is 0.853. The van der Waals surface area contributed by atoms with Gasteiger partial charge in [0.05, 0.1) is 19.6 Å². The van der Waals surface area contributed by atoms with Crippen molar-refractivity contribution in [2.24, 2.45) is 0 Å². The fraction of sp³-hybridized carbons (Fsp3) is 0.800. The molecule has 0 amide bonds. The predicted molar refractivity (Wildman–Crippen MR) is 37.4 cm³/mol. The van der Waals surface area contributed by atoms with E-state index in [4.69, 9.17) is 5.11 Å². The van der Waals surface area contributed by atoms with Crippen LogP contribution in [0.2, 0.25) is 0 Å². The van der Waals surface area contributed by atoms with Gasteiger partial charge in [-0.25, -0.2) is 0 Å². The maximum absolute atomic E-state index is 10.6. The van der Waals surface area contributed by atoms with Crippen LogP contribution in [0.3, 0.4) is 0 Å². The number of aliphatic carboxylic acids is 1. The summed E-state index contributed by atoms with van der Waals surface area (Å²) in [5.74, 6) is -1.12. The van der Waals surface area contributed by atoms with Crippen LogP contribution in [-0.4, -0.2) is 24.3 Å². The molecule has 13 heavy (non-hydrogen) atoms. The number of rotatable bonds is 6. The van der Waals surface area contributed by atoms with Crippen LogP contribution in [-0.2, 0) is 18.4 Å². The van der Waals surface area contributed by atoms with E-state index >= 15 is 0 Å². The average Bonchev–Trinajstić information content (AvgIpc) is 1.85. The molecule has 0 bridgehead atoms. The number of carbonyl (C=O) groups is 1. The Hall–Kier alpha value is 0.580. The molecule has 0 heterocycles. The van der Waals surface area contributed by atoms with Crippen molar-refractivity contribution in [3.63, 3.8) is 0 Å². The zero-order chi connectivity index (χ0) is 9.61. The molecule has 0 spiro atoms. The Morgan fingerprint density at radius 1 is 1.54 bits per heavy atom. The normalized spacial score (nSPS) is 14.3. The second kappa shape index (κ2) is 7.94. The summed E-state index contributed by atoms with van der Waals surface area (Å²) in [7, 11) is -4.26. The van der Waals surface area contributed by atoms with Crippen LogP contribution in [0.15, 0.2) is 0 Å². The third-order valence-corrected chi connectivity index (χ3v) is 1.93. The summed E-state index contributed by atoms with van der Waals surface area (Å²) in [6, 6.07) is 0. The van der Waals surface area contributed by atoms with Crippen LogP contribution >= 0.6 is 7.82 Å². The maximum Gasteiger partial charge on any atom is 1.00 e. The quantitative estimate of drug-likeness (QED) is 0.378. The van der Waals surface area contributed by atoms with Gasteiger partial charge < -0.3 is 19.0 Å². The molecule has 1 N–H and O–H groups in total. The summed E-state index contributed by atoms with van der Waals surface area (Å²) >= 11 is 0. The molecule has 1 unspecified atom stereocenters. The van der Waals surface area contributed by atoms with Gasteiger partial charge in [0.1, 0.15) is 0 Å². The largest absolute Gasteiger partial charge is 1.00 e. The van der Waals surface area contributed by atoms with Crippen LogP contribution in [0.5, 0.6) is 0 Å². The van der Waals surface area contributed by atoms with E-state index in [9.17, 15) is 14.3 Å². The van der Waals surface area contributed by atoms with Crippen molar-refractivity contribution in [2.75, 3.05) is 13.2 Å². The first-order valence-corrected chi connectivity index (χ1v) is 4.76. The molecule has 0 rings (SSSR count).